The van der Waals surface area contributed by atoms with E-state index in [1.54, 1.807) is 31.2 Å². The molecule has 4 rings (SSSR count). The third-order valence-electron chi connectivity index (χ3n) is 4.98. The number of aliphatic imine (C=N–C) groups is 1. The minimum absolute atomic E-state index is 0.0499. The van der Waals surface area contributed by atoms with Crippen LogP contribution in [0.3, 0.4) is 0 Å². The van der Waals surface area contributed by atoms with Gasteiger partial charge in [-0.3, -0.25) is 4.99 Å². The molecule has 0 saturated heterocycles. The van der Waals surface area contributed by atoms with Crippen molar-refractivity contribution in [2.75, 3.05) is 6.54 Å². The fraction of sp³-hybridized carbons (Fsp3) is 0.316. The van der Waals surface area contributed by atoms with E-state index in [4.69, 9.17) is 0 Å². The quantitative estimate of drug-likeness (QED) is 0.650. The topological polar surface area (TPSA) is 24.8 Å². The first-order valence-electron chi connectivity index (χ1n) is 8.39. The molecular formula is C19H14F6N2O. The Morgan fingerprint density at radius 3 is 2.68 bits per heavy atom. The first kappa shape index (κ1) is 18.6. The number of alkyl halides is 5. The maximum atomic E-state index is 14.5. The number of allylic oxidation sites excluding steroid dienone is 2. The summed E-state index contributed by atoms with van der Waals surface area (Å²) in [5.41, 5.74) is -0.990. The molecule has 3 nitrogen and oxygen atoms in total. The van der Waals surface area contributed by atoms with Crippen molar-refractivity contribution in [2.45, 2.75) is 31.7 Å². The van der Waals surface area contributed by atoms with Crippen molar-refractivity contribution >= 4 is 11.9 Å². The zero-order valence-corrected chi connectivity index (χ0v) is 14.5. The van der Waals surface area contributed by atoms with Gasteiger partial charge in [0.15, 0.2) is 11.6 Å². The molecule has 9 heteroatoms. The van der Waals surface area contributed by atoms with E-state index in [-0.39, 0.29) is 12.4 Å². The van der Waals surface area contributed by atoms with Crippen LogP contribution in [0.2, 0.25) is 0 Å². The lowest BCUT2D eigenvalue weighted by Crippen LogP contribution is -2.35. The molecule has 1 unspecified atom stereocenters. The Labute approximate surface area is 156 Å². The van der Waals surface area contributed by atoms with Crippen LogP contribution in [0.25, 0.3) is 6.08 Å². The highest BCUT2D eigenvalue weighted by atomic mass is 19.4. The smallest absolute Gasteiger partial charge is 0.417 e. The molecule has 0 amide bonds. The lowest BCUT2D eigenvalue weighted by Gasteiger charge is -2.31. The van der Waals surface area contributed by atoms with E-state index in [0.717, 1.165) is 11.1 Å². The predicted octanol–water partition coefficient (Wildman–Crippen LogP) is 5.04. The second-order valence-electron chi connectivity index (χ2n) is 6.83. The van der Waals surface area contributed by atoms with Crippen LogP contribution < -0.4 is 0 Å². The van der Waals surface area contributed by atoms with Crippen molar-refractivity contribution in [2.24, 2.45) is 4.99 Å². The van der Waals surface area contributed by atoms with Crippen molar-refractivity contribution < 1.29 is 31.1 Å². The van der Waals surface area contributed by atoms with Crippen molar-refractivity contribution in [1.29, 1.82) is 0 Å². The number of hydrogen-bond acceptors (Lipinski definition) is 3. The third kappa shape index (κ3) is 2.89. The zero-order chi connectivity index (χ0) is 20.3. The van der Waals surface area contributed by atoms with Gasteiger partial charge in [0, 0.05) is 11.8 Å². The van der Waals surface area contributed by atoms with E-state index in [1.165, 1.54) is 0 Å². The average molecular weight is 400 g/mol. The van der Waals surface area contributed by atoms with Crippen LogP contribution in [0.5, 0.6) is 0 Å². The van der Waals surface area contributed by atoms with E-state index in [1.807, 2.05) is 0 Å². The van der Waals surface area contributed by atoms with Gasteiger partial charge in [-0.25, -0.2) is 4.39 Å². The van der Waals surface area contributed by atoms with Crippen molar-refractivity contribution in [1.82, 2.24) is 4.90 Å². The molecule has 3 aliphatic rings. The highest BCUT2D eigenvalue weighted by Gasteiger charge is 2.47. The summed E-state index contributed by atoms with van der Waals surface area (Å²) in [4.78, 5) is 5.59. The number of hydrogen-bond donors (Lipinski definition) is 0. The Balaban J connectivity index is 1.83. The summed E-state index contributed by atoms with van der Waals surface area (Å²) < 4.78 is 84.0. The lowest BCUT2D eigenvalue weighted by atomic mass is 9.80. The molecule has 0 bridgehead atoms. The standard InChI is InChI=1S/C19H14F6N2O/c1-10-4-5-13-12(15(10)20)3-2-6-18(13)9-27-8-11(19(23,24)25)7-14(16(27)26-18)28-17(21)22/h2-5,7-8,17H,6,9H2,1H3. The number of ether oxygens (including phenoxy) is 1. The molecule has 1 aromatic rings. The number of halogens is 6. The van der Waals surface area contributed by atoms with E-state index in [9.17, 15) is 26.3 Å². The fourth-order valence-electron chi connectivity index (χ4n) is 3.72. The summed E-state index contributed by atoms with van der Waals surface area (Å²) in [7, 11) is 0. The van der Waals surface area contributed by atoms with Crippen LogP contribution >= 0.6 is 0 Å². The van der Waals surface area contributed by atoms with E-state index in [0.29, 0.717) is 29.2 Å². The van der Waals surface area contributed by atoms with Crippen molar-refractivity contribution in [3.05, 3.63) is 64.3 Å². The van der Waals surface area contributed by atoms with Gasteiger partial charge in [0.2, 0.25) is 0 Å². The Morgan fingerprint density at radius 1 is 1.25 bits per heavy atom. The molecule has 0 radical (unpaired) electrons. The van der Waals surface area contributed by atoms with Gasteiger partial charge < -0.3 is 9.64 Å². The molecule has 0 saturated carbocycles. The van der Waals surface area contributed by atoms with Gasteiger partial charge in [0.25, 0.3) is 0 Å². The number of nitrogens with zero attached hydrogens (tertiary/aromatic N) is 2. The molecule has 0 aromatic heterocycles. The molecule has 0 fully saturated rings. The van der Waals surface area contributed by atoms with Crippen molar-refractivity contribution in [3.63, 3.8) is 0 Å². The first-order chi connectivity index (χ1) is 13.1. The maximum absolute atomic E-state index is 14.5. The Hall–Kier alpha value is -2.71. The van der Waals surface area contributed by atoms with Crippen LogP contribution in [-0.4, -0.2) is 30.1 Å². The predicted molar refractivity (Wildman–Crippen MR) is 89.9 cm³/mol. The normalized spacial score (nSPS) is 23.4. The molecule has 2 heterocycles. The Morgan fingerprint density at radius 2 is 2.00 bits per heavy atom. The first-order valence-corrected chi connectivity index (χ1v) is 8.39. The number of amidine groups is 1. The second kappa shape index (κ2) is 6.15. The monoisotopic (exact) mass is 400 g/mol. The molecular weight excluding hydrogens is 386 g/mol. The van der Waals surface area contributed by atoms with Gasteiger partial charge in [0.05, 0.1) is 12.1 Å². The minimum Gasteiger partial charge on any atom is -0.431 e. The molecule has 1 aromatic carbocycles. The van der Waals surface area contributed by atoms with Crippen molar-refractivity contribution in [3.8, 4) is 0 Å². The molecule has 0 N–H and O–H groups in total. The molecule has 28 heavy (non-hydrogen) atoms. The molecule has 1 aliphatic carbocycles. The van der Waals surface area contributed by atoms with Crippen LogP contribution in [0.4, 0.5) is 26.3 Å². The number of fused-ring (bicyclic) bond motifs is 3. The fourth-order valence-corrected chi connectivity index (χ4v) is 3.72. The van der Waals surface area contributed by atoms with Crippen LogP contribution in [-0.2, 0) is 10.3 Å². The second-order valence-corrected chi connectivity index (χ2v) is 6.83. The molecule has 1 atom stereocenters. The van der Waals surface area contributed by atoms with Gasteiger partial charge >= 0.3 is 12.8 Å². The highest BCUT2D eigenvalue weighted by molar-refractivity contribution is 6.00. The Bertz CT molecular complexity index is 960. The number of rotatable bonds is 2. The lowest BCUT2D eigenvalue weighted by molar-refractivity contribution is -0.0981. The van der Waals surface area contributed by atoms with Gasteiger partial charge in [-0.15, -0.1) is 0 Å². The zero-order valence-electron chi connectivity index (χ0n) is 14.5. The number of aryl methyl sites for hydroxylation is 1. The summed E-state index contributed by atoms with van der Waals surface area (Å²) in [6.07, 6.45) is 0.151. The number of benzene rings is 1. The largest absolute Gasteiger partial charge is 0.431 e. The van der Waals surface area contributed by atoms with Gasteiger partial charge in [-0.05, 0) is 30.5 Å². The summed E-state index contributed by atoms with van der Waals surface area (Å²) in [6, 6.07) is 3.24. The molecule has 2 aliphatic heterocycles. The third-order valence-corrected chi connectivity index (χ3v) is 4.98. The van der Waals surface area contributed by atoms with Gasteiger partial charge in [-0.1, -0.05) is 24.3 Å². The van der Waals surface area contributed by atoms with E-state index in [2.05, 4.69) is 9.73 Å². The Kier molecular flexibility index (Phi) is 4.09. The summed E-state index contributed by atoms with van der Waals surface area (Å²) in [5.74, 6) is -1.23. The summed E-state index contributed by atoms with van der Waals surface area (Å²) in [5, 5.41) is 0. The SMILES string of the molecule is Cc1ccc2c(c1F)C=CCC21CN2C=C(C(F)(F)F)C=C(OC(F)F)C2=N1. The molecule has 148 valence electrons. The van der Waals surface area contributed by atoms with E-state index < -0.39 is 35.5 Å². The van der Waals surface area contributed by atoms with Gasteiger partial charge in [-0.2, -0.15) is 22.0 Å². The van der Waals surface area contributed by atoms with Crippen LogP contribution in [0.1, 0.15) is 23.1 Å². The highest BCUT2D eigenvalue weighted by Crippen LogP contribution is 2.45. The minimum atomic E-state index is -4.74. The van der Waals surface area contributed by atoms with Crippen LogP contribution in [0, 0.1) is 12.7 Å². The summed E-state index contributed by atoms with van der Waals surface area (Å²) in [6.45, 7) is -1.76. The summed E-state index contributed by atoms with van der Waals surface area (Å²) >= 11 is 0. The maximum Gasteiger partial charge on any atom is 0.417 e. The van der Waals surface area contributed by atoms with E-state index >= 15 is 0 Å². The van der Waals surface area contributed by atoms with Crippen LogP contribution in [0.15, 0.2) is 46.8 Å². The molecule has 1 spiro atoms. The van der Waals surface area contributed by atoms with Gasteiger partial charge in [0.1, 0.15) is 11.4 Å². The average Bonchev–Trinajstić information content (AvgIpc) is 2.96.